The fourth-order valence-electron chi connectivity index (χ4n) is 0.854. The summed E-state index contributed by atoms with van der Waals surface area (Å²) in [5.41, 5.74) is 0. The van der Waals surface area contributed by atoms with Crippen molar-refractivity contribution in [2.24, 2.45) is 0 Å². The maximum Gasteiger partial charge on any atom is 0.592 e. The minimum atomic E-state index is -3.84. The van der Waals surface area contributed by atoms with Gasteiger partial charge in [-0.25, -0.2) is 4.57 Å². The first-order valence-corrected chi connectivity index (χ1v) is 6.70. The Hall–Kier alpha value is -1.13. The second-order valence-corrected chi connectivity index (χ2v) is 4.18. The van der Waals surface area contributed by atoms with Crippen LogP contribution in [0.25, 0.3) is 0 Å². The van der Waals surface area contributed by atoms with Gasteiger partial charge in [-0.15, -0.1) is 0 Å². The topological polar surface area (TPSA) is 63.2 Å². The van der Waals surface area contributed by atoms with Gasteiger partial charge in [0.1, 0.15) is 0 Å². The Bertz CT molecular complexity index is 277. The molecular weight excluding hydrogens is 247 g/mol. The highest BCUT2D eigenvalue weighted by molar-refractivity contribution is 7.48. The predicted molar refractivity (Wildman–Crippen MR) is 62.9 cm³/mol. The number of rotatable bonds is 10. The third kappa shape index (κ3) is 6.92. The average molecular weight is 266 g/mol. The Morgan fingerprint density at radius 1 is 0.941 bits per heavy atom. The van der Waals surface area contributed by atoms with Gasteiger partial charge in [0.25, 0.3) is 11.9 Å². The van der Waals surface area contributed by atoms with E-state index in [1.807, 2.05) is 0 Å². The first kappa shape index (κ1) is 15.9. The van der Waals surface area contributed by atoms with Gasteiger partial charge in [-0.2, -0.15) is 0 Å². The lowest BCUT2D eigenvalue weighted by atomic mass is 10.8. The van der Waals surface area contributed by atoms with Crippen LogP contribution < -0.4 is 0 Å². The number of phosphoric acid groups is 1. The number of hydrogen-bond acceptors (Lipinski definition) is 6. The quantitative estimate of drug-likeness (QED) is 0.447. The maximum atomic E-state index is 12.0. The van der Waals surface area contributed by atoms with Crippen LogP contribution in [0.5, 0.6) is 0 Å². The van der Waals surface area contributed by atoms with Crippen molar-refractivity contribution in [3.05, 3.63) is 25.0 Å². The molecule has 0 unspecified atom stereocenters. The van der Waals surface area contributed by atoms with Crippen LogP contribution in [0.15, 0.2) is 25.0 Å². The van der Waals surface area contributed by atoms with Gasteiger partial charge in [-0.05, 0) is 33.9 Å². The molecule has 0 aromatic heterocycles. The van der Waals surface area contributed by atoms with E-state index in [1.165, 1.54) is 0 Å². The summed E-state index contributed by atoms with van der Waals surface area (Å²) in [4.78, 5) is 0. The molecule has 0 spiro atoms. The van der Waals surface area contributed by atoms with Gasteiger partial charge in [0.2, 0.25) is 0 Å². The second-order valence-electron chi connectivity index (χ2n) is 2.66. The summed E-state index contributed by atoms with van der Waals surface area (Å²) in [6.07, 6.45) is 0. The van der Waals surface area contributed by atoms with Gasteiger partial charge >= 0.3 is 7.82 Å². The van der Waals surface area contributed by atoms with E-state index in [0.29, 0.717) is 13.2 Å². The van der Waals surface area contributed by atoms with Crippen LogP contribution in [0.1, 0.15) is 20.8 Å². The van der Waals surface area contributed by atoms with Gasteiger partial charge in [0.05, 0.1) is 19.8 Å². The molecule has 0 radical (unpaired) electrons. The lowest BCUT2D eigenvalue weighted by molar-refractivity contribution is 0.0446. The van der Waals surface area contributed by atoms with Crippen LogP contribution in [0.2, 0.25) is 0 Å². The molecule has 7 heteroatoms. The van der Waals surface area contributed by atoms with Crippen LogP contribution >= 0.6 is 7.82 Å². The van der Waals surface area contributed by atoms with Gasteiger partial charge in [-0.3, -0.25) is 4.52 Å². The molecular formula is C10H19O6P. The molecule has 0 heterocycles. The molecule has 100 valence electrons. The van der Waals surface area contributed by atoms with E-state index < -0.39 is 7.82 Å². The van der Waals surface area contributed by atoms with E-state index in [2.05, 4.69) is 13.2 Å². The third-order valence-corrected chi connectivity index (χ3v) is 2.75. The standard InChI is InChI=1S/C10H19O6P/c1-6-12-9(4)15-17(11,14-8-3)16-10(5)13-7-2/h4-8H2,1-3H3. The Morgan fingerprint density at radius 3 is 1.65 bits per heavy atom. The third-order valence-electron chi connectivity index (χ3n) is 1.33. The second kappa shape index (κ2) is 8.03. The molecule has 0 saturated carbocycles. The summed E-state index contributed by atoms with van der Waals surface area (Å²) in [7, 11) is -3.84. The van der Waals surface area contributed by atoms with E-state index in [0.717, 1.165) is 0 Å². The van der Waals surface area contributed by atoms with Crippen molar-refractivity contribution < 1.29 is 27.6 Å². The van der Waals surface area contributed by atoms with E-state index in [-0.39, 0.29) is 18.5 Å². The summed E-state index contributed by atoms with van der Waals surface area (Å²) < 4.78 is 36.5. The minimum Gasteiger partial charge on any atom is -0.466 e. The van der Waals surface area contributed by atoms with Crippen molar-refractivity contribution in [1.82, 2.24) is 0 Å². The summed E-state index contributed by atoms with van der Waals surface area (Å²) >= 11 is 0. The summed E-state index contributed by atoms with van der Waals surface area (Å²) in [6, 6.07) is 0. The fraction of sp³-hybridized carbons (Fsp3) is 0.600. The van der Waals surface area contributed by atoms with Crippen LogP contribution in [0, 0.1) is 0 Å². The van der Waals surface area contributed by atoms with Crippen LogP contribution in [0.3, 0.4) is 0 Å². The molecule has 6 nitrogen and oxygen atoms in total. The zero-order valence-electron chi connectivity index (χ0n) is 10.4. The van der Waals surface area contributed by atoms with E-state index in [9.17, 15) is 4.57 Å². The summed E-state index contributed by atoms with van der Waals surface area (Å²) in [5, 5.41) is 0. The number of ether oxygens (including phenoxy) is 2. The van der Waals surface area contributed by atoms with E-state index in [4.69, 9.17) is 23.0 Å². The molecule has 0 aliphatic rings. The predicted octanol–water partition coefficient (Wildman–Crippen LogP) is 3.18. The number of phosphoric ester groups is 1. The zero-order chi connectivity index (χ0) is 13.3. The lowest BCUT2D eigenvalue weighted by Crippen LogP contribution is -2.03. The molecule has 0 aromatic carbocycles. The molecule has 0 rings (SSSR count). The molecule has 17 heavy (non-hydrogen) atoms. The highest BCUT2D eigenvalue weighted by Crippen LogP contribution is 2.52. The molecule has 0 atom stereocenters. The SMILES string of the molecule is C=C(OCC)OP(=O)(OCC)OC(=C)OCC. The molecule has 0 amide bonds. The largest absolute Gasteiger partial charge is 0.592 e. The Kier molecular flexibility index (Phi) is 7.50. The van der Waals surface area contributed by atoms with Crippen molar-refractivity contribution in [3.63, 3.8) is 0 Å². The summed E-state index contributed by atoms with van der Waals surface area (Å²) in [6.45, 7) is 12.7. The van der Waals surface area contributed by atoms with Crippen LogP contribution in [-0.4, -0.2) is 19.8 Å². The maximum absolute atomic E-state index is 12.0. The smallest absolute Gasteiger partial charge is 0.466 e. The Morgan fingerprint density at radius 2 is 1.35 bits per heavy atom. The first-order valence-electron chi connectivity index (χ1n) is 5.24. The highest BCUT2D eigenvalue weighted by atomic mass is 31.2. The minimum absolute atomic E-state index is 0.135. The fourth-order valence-corrected chi connectivity index (χ4v) is 1.92. The van der Waals surface area contributed by atoms with Gasteiger partial charge in [0.15, 0.2) is 0 Å². The monoisotopic (exact) mass is 266 g/mol. The molecule has 0 bridgehead atoms. The molecule has 0 aliphatic carbocycles. The number of hydrogen-bond donors (Lipinski definition) is 0. The van der Waals surface area contributed by atoms with Gasteiger partial charge in [-0.1, -0.05) is 0 Å². The molecule has 0 saturated heterocycles. The van der Waals surface area contributed by atoms with Gasteiger partial charge < -0.3 is 18.5 Å². The van der Waals surface area contributed by atoms with E-state index >= 15 is 0 Å². The molecule has 0 N–H and O–H groups in total. The van der Waals surface area contributed by atoms with Crippen molar-refractivity contribution in [2.45, 2.75) is 20.8 Å². The Labute approximate surface area is 102 Å². The highest BCUT2D eigenvalue weighted by Gasteiger charge is 2.32. The summed E-state index contributed by atoms with van der Waals surface area (Å²) in [5.74, 6) is -0.290. The van der Waals surface area contributed by atoms with Crippen LogP contribution in [-0.2, 0) is 27.6 Å². The molecule has 0 aliphatic heterocycles. The Balaban J connectivity index is 4.50. The lowest BCUT2D eigenvalue weighted by Gasteiger charge is -2.19. The first-order chi connectivity index (χ1) is 7.97. The van der Waals surface area contributed by atoms with Crippen molar-refractivity contribution in [2.75, 3.05) is 19.8 Å². The van der Waals surface area contributed by atoms with E-state index in [1.54, 1.807) is 20.8 Å². The average Bonchev–Trinajstić information content (AvgIpc) is 2.17. The van der Waals surface area contributed by atoms with Crippen molar-refractivity contribution >= 4 is 7.82 Å². The molecule has 0 aromatic rings. The van der Waals surface area contributed by atoms with Crippen molar-refractivity contribution in [3.8, 4) is 0 Å². The normalized spacial score (nSPS) is 10.5. The zero-order valence-corrected chi connectivity index (χ0v) is 11.3. The van der Waals surface area contributed by atoms with Crippen molar-refractivity contribution in [1.29, 1.82) is 0 Å². The molecule has 0 fully saturated rings. The van der Waals surface area contributed by atoms with Gasteiger partial charge in [0, 0.05) is 0 Å². The van der Waals surface area contributed by atoms with Crippen LogP contribution in [0.4, 0.5) is 0 Å².